The number of hydrogen-bond acceptors (Lipinski definition) is 5. The minimum atomic E-state index is 0.704. The Morgan fingerprint density at radius 2 is 1.86 bits per heavy atom. The van der Waals surface area contributed by atoms with Gasteiger partial charge in [0, 0.05) is 17.8 Å². The topological polar surface area (TPSA) is 55.0 Å². The van der Waals surface area contributed by atoms with Crippen LogP contribution < -0.4 is 5.73 Å². The third-order valence-electron chi connectivity index (χ3n) is 4.74. The number of aryl methyl sites for hydroxylation is 2. The normalized spacial score (nSPS) is 19.2. The van der Waals surface area contributed by atoms with Crippen LogP contribution in [0, 0.1) is 0 Å². The molecule has 1 fully saturated rings. The number of aromatic nitrogens is 2. The van der Waals surface area contributed by atoms with Crippen molar-refractivity contribution < 1.29 is 0 Å². The first-order valence-electron chi connectivity index (χ1n) is 8.10. The van der Waals surface area contributed by atoms with Gasteiger partial charge in [-0.05, 0) is 57.2 Å². The van der Waals surface area contributed by atoms with Crippen molar-refractivity contribution in [2.45, 2.75) is 44.9 Å². The van der Waals surface area contributed by atoms with E-state index >= 15 is 0 Å². The average molecular weight is 302 g/mol. The Hall–Kier alpha value is -1.20. The van der Waals surface area contributed by atoms with Crippen molar-refractivity contribution in [3.63, 3.8) is 0 Å². The highest BCUT2D eigenvalue weighted by molar-refractivity contribution is 7.19. The van der Waals surface area contributed by atoms with Crippen LogP contribution >= 0.6 is 11.3 Å². The highest BCUT2D eigenvalue weighted by atomic mass is 32.1. The molecular weight excluding hydrogens is 280 g/mol. The van der Waals surface area contributed by atoms with Crippen molar-refractivity contribution in [1.29, 1.82) is 0 Å². The molecule has 2 aliphatic rings. The third kappa shape index (κ3) is 2.53. The molecule has 2 N–H and O–H groups in total. The van der Waals surface area contributed by atoms with E-state index in [2.05, 4.69) is 9.88 Å². The van der Waals surface area contributed by atoms with Crippen LogP contribution in [-0.4, -0.2) is 34.5 Å². The number of anilines is 1. The maximum Gasteiger partial charge on any atom is 0.136 e. The number of fused-ring (bicyclic) bond motifs is 3. The van der Waals surface area contributed by atoms with Gasteiger partial charge in [-0.3, -0.25) is 0 Å². The lowest BCUT2D eigenvalue weighted by Crippen LogP contribution is -2.22. The molecule has 0 atom stereocenters. The molecule has 3 heterocycles. The van der Waals surface area contributed by atoms with Crippen molar-refractivity contribution in [1.82, 2.24) is 14.9 Å². The van der Waals surface area contributed by atoms with Gasteiger partial charge in [0.25, 0.3) is 0 Å². The SMILES string of the molecule is Nc1nc(CCN2CCCC2)nc2sc3c(c12)CCCC3. The molecule has 5 heteroatoms. The summed E-state index contributed by atoms with van der Waals surface area (Å²) >= 11 is 1.84. The van der Waals surface area contributed by atoms with Gasteiger partial charge < -0.3 is 10.6 Å². The summed E-state index contributed by atoms with van der Waals surface area (Å²) in [6, 6.07) is 0. The lowest BCUT2D eigenvalue weighted by Gasteiger charge is -2.13. The molecule has 2 aromatic heterocycles. The number of nitrogens with two attached hydrogens (primary N) is 1. The predicted molar refractivity (Wildman–Crippen MR) is 87.8 cm³/mol. The average Bonchev–Trinajstić information content (AvgIpc) is 3.12. The summed E-state index contributed by atoms with van der Waals surface area (Å²) in [5.41, 5.74) is 7.69. The Kier molecular flexibility index (Phi) is 3.55. The second-order valence-corrected chi connectivity index (χ2v) is 7.30. The molecule has 0 saturated carbocycles. The number of rotatable bonds is 3. The minimum absolute atomic E-state index is 0.704. The summed E-state index contributed by atoms with van der Waals surface area (Å²) in [5, 5.41) is 1.15. The Morgan fingerprint density at radius 1 is 1.05 bits per heavy atom. The summed E-state index contributed by atoms with van der Waals surface area (Å²) in [4.78, 5) is 14.5. The lowest BCUT2D eigenvalue weighted by molar-refractivity contribution is 0.341. The first kappa shape index (κ1) is 13.5. The van der Waals surface area contributed by atoms with Gasteiger partial charge in [0.1, 0.15) is 16.5 Å². The first-order chi connectivity index (χ1) is 10.3. The first-order valence-corrected chi connectivity index (χ1v) is 8.92. The largest absolute Gasteiger partial charge is 0.383 e. The smallest absolute Gasteiger partial charge is 0.136 e. The van der Waals surface area contributed by atoms with Crippen LogP contribution in [0.2, 0.25) is 0 Å². The zero-order valence-corrected chi connectivity index (χ0v) is 13.2. The zero-order chi connectivity index (χ0) is 14.2. The van der Waals surface area contributed by atoms with E-state index < -0.39 is 0 Å². The van der Waals surface area contributed by atoms with Crippen LogP contribution in [0.3, 0.4) is 0 Å². The molecule has 0 radical (unpaired) electrons. The number of likely N-dealkylation sites (tertiary alicyclic amines) is 1. The number of nitrogen functional groups attached to an aromatic ring is 1. The van der Waals surface area contributed by atoms with Gasteiger partial charge in [-0.15, -0.1) is 11.3 Å². The second-order valence-electron chi connectivity index (χ2n) is 6.21. The van der Waals surface area contributed by atoms with E-state index in [0.29, 0.717) is 5.82 Å². The monoisotopic (exact) mass is 302 g/mol. The van der Waals surface area contributed by atoms with Gasteiger partial charge in [0.15, 0.2) is 0 Å². The molecule has 4 nitrogen and oxygen atoms in total. The molecule has 0 amide bonds. The molecule has 1 aliphatic carbocycles. The number of hydrogen-bond donors (Lipinski definition) is 1. The molecule has 4 rings (SSSR count). The minimum Gasteiger partial charge on any atom is -0.383 e. The maximum absolute atomic E-state index is 6.25. The molecular formula is C16H22N4S. The molecule has 1 aliphatic heterocycles. The molecule has 0 bridgehead atoms. The van der Waals surface area contributed by atoms with E-state index in [9.17, 15) is 0 Å². The van der Waals surface area contributed by atoms with Gasteiger partial charge in [0.2, 0.25) is 0 Å². The summed E-state index contributed by atoms with van der Waals surface area (Å²) in [7, 11) is 0. The van der Waals surface area contributed by atoms with E-state index in [4.69, 9.17) is 10.7 Å². The van der Waals surface area contributed by atoms with Crippen LogP contribution in [0.15, 0.2) is 0 Å². The van der Waals surface area contributed by atoms with E-state index in [1.54, 1.807) is 0 Å². The summed E-state index contributed by atoms with van der Waals surface area (Å²) in [6.45, 7) is 3.52. The molecule has 1 saturated heterocycles. The molecule has 0 unspecified atom stereocenters. The van der Waals surface area contributed by atoms with E-state index in [-0.39, 0.29) is 0 Å². The second kappa shape index (κ2) is 5.54. The van der Waals surface area contributed by atoms with Gasteiger partial charge in [0.05, 0.1) is 5.39 Å². The standard InChI is InChI=1S/C16H22N4S/c17-15-14-11-5-1-2-6-12(11)21-16(14)19-13(18-15)7-10-20-8-3-4-9-20/h1-10H2,(H2,17,18,19). The highest BCUT2D eigenvalue weighted by Gasteiger charge is 2.20. The fourth-order valence-corrected chi connectivity index (χ4v) is 4.90. The Bertz CT molecular complexity index is 658. The fraction of sp³-hybridized carbons (Fsp3) is 0.625. The fourth-order valence-electron chi connectivity index (χ4n) is 3.61. The van der Waals surface area contributed by atoms with Crippen molar-refractivity contribution in [3.8, 4) is 0 Å². The van der Waals surface area contributed by atoms with E-state index in [0.717, 1.165) is 35.4 Å². The van der Waals surface area contributed by atoms with Gasteiger partial charge >= 0.3 is 0 Å². The Morgan fingerprint density at radius 3 is 2.71 bits per heavy atom. The Balaban J connectivity index is 1.62. The molecule has 0 spiro atoms. The summed E-state index contributed by atoms with van der Waals surface area (Å²) < 4.78 is 0. The number of thiophene rings is 1. The van der Waals surface area contributed by atoms with Gasteiger partial charge in [-0.25, -0.2) is 9.97 Å². The Labute approximate surface area is 129 Å². The molecule has 2 aromatic rings. The van der Waals surface area contributed by atoms with E-state index in [1.165, 1.54) is 55.6 Å². The quantitative estimate of drug-likeness (QED) is 0.947. The van der Waals surface area contributed by atoms with Crippen LogP contribution in [0.25, 0.3) is 10.2 Å². The van der Waals surface area contributed by atoms with Gasteiger partial charge in [-0.2, -0.15) is 0 Å². The van der Waals surface area contributed by atoms with Crippen molar-refractivity contribution >= 4 is 27.4 Å². The summed E-state index contributed by atoms with van der Waals surface area (Å²) in [6.07, 6.45) is 8.50. The van der Waals surface area contributed by atoms with Crippen LogP contribution in [0.5, 0.6) is 0 Å². The van der Waals surface area contributed by atoms with Crippen molar-refractivity contribution in [3.05, 3.63) is 16.3 Å². The van der Waals surface area contributed by atoms with Gasteiger partial charge in [-0.1, -0.05) is 0 Å². The molecule has 21 heavy (non-hydrogen) atoms. The van der Waals surface area contributed by atoms with Crippen molar-refractivity contribution in [2.75, 3.05) is 25.4 Å². The van der Waals surface area contributed by atoms with Crippen molar-refractivity contribution in [2.24, 2.45) is 0 Å². The molecule has 112 valence electrons. The zero-order valence-electron chi connectivity index (χ0n) is 12.4. The van der Waals surface area contributed by atoms with E-state index in [1.807, 2.05) is 11.3 Å². The summed E-state index contributed by atoms with van der Waals surface area (Å²) in [5.74, 6) is 1.63. The van der Waals surface area contributed by atoms with Crippen LogP contribution in [0.4, 0.5) is 5.82 Å². The third-order valence-corrected chi connectivity index (χ3v) is 5.92. The van der Waals surface area contributed by atoms with Crippen LogP contribution in [-0.2, 0) is 19.3 Å². The van der Waals surface area contributed by atoms with Crippen LogP contribution in [0.1, 0.15) is 41.9 Å². The molecule has 0 aromatic carbocycles. The maximum atomic E-state index is 6.25. The lowest BCUT2D eigenvalue weighted by atomic mass is 9.97. The highest BCUT2D eigenvalue weighted by Crippen LogP contribution is 2.37. The number of nitrogens with zero attached hydrogens (tertiary/aromatic N) is 3. The predicted octanol–water partition coefficient (Wildman–Crippen LogP) is 2.79.